The van der Waals surface area contributed by atoms with Crippen LogP contribution in [0.25, 0.3) is 0 Å². The number of rotatable bonds is 4. The molecule has 3 nitrogen and oxygen atoms in total. The van der Waals surface area contributed by atoms with Gasteiger partial charge in [0.05, 0.1) is 17.6 Å². The van der Waals surface area contributed by atoms with Crippen molar-refractivity contribution in [2.24, 2.45) is 5.92 Å². The topological polar surface area (TPSA) is 37.8 Å². The molecule has 0 fully saturated rings. The molecule has 0 amide bonds. The molecule has 0 aliphatic carbocycles. The number of nitrogens with zero attached hydrogens (tertiary/aromatic N) is 2. The van der Waals surface area contributed by atoms with Crippen LogP contribution in [0.2, 0.25) is 0 Å². The molecule has 0 radical (unpaired) electrons. The second-order valence-electron chi connectivity index (χ2n) is 3.82. The molecule has 1 atom stereocenters. The molecule has 1 rings (SSSR count). The second-order valence-corrected chi connectivity index (χ2v) is 3.82. The molecule has 0 aliphatic rings. The molecule has 0 aromatic carbocycles. The fourth-order valence-electron chi connectivity index (χ4n) is 1.05. The zero-order valence-corrected chi connectivity index (χ0v) is 9.46. The largest absolute Gasteiger partial charge is 0.369 e. The summed E-state index contributed by atoms with van der Waals surface area (Å²) in [4.78, 5) is 8.66. The third kappa shape index (κ3) is 2.98. The Morgan fingerprint density at radius 2 is 2.07 bits per heavy atom. The third-order valence-electron chi connectivity index (χ3n) is 2.52. The van der Waals surface area contributed by atoms with E-state index < -0.39 is 0 Å². The lowest BCUT2D eigenvalue weighted by atomic mass is 10.1. The Morgan fingerprint density at radius 1 is 1.36 bits per heavy atom. The van der Waals surface area contributed by atoms with Gasteiger partial charge in [0, 0.05) is 6.54 Å². The van der Waals surface area contributed by atoms with Crippen LogP contribution in [-0.4, -0.2) is 16.5 Å². The van der Waals surface area contributed by atoms with E-state index in [0.29, 0.717) is 5.92 Å². The fraction of sp³-hybridized carbons (Fsp3) is 0.636. The summed E-state index contributed by atoms with van der Waals surface area (Å²) in [5, 5.41) is 3.29. The van der Waals surface area contributed by atoms with Crippen LogP contribution in [0.4, 0.5) is 5.82 Å². The maximum Gasteiger partial charge on any atom is 0.144 e. The Morgan fingerprint density at radius 3 is 2.64 bits per heavy atom. The molecule has 1 heterocycles. The van der Waals surface area contributed by atoms with Crippen molar-refractivity contribution in [2.75, 3.05) is 11.9 Å². The minimum absolute atomic E-state index is 0.679. The predicted molar refractivity (Wildman–Crippen MR) is 59.5 cm³/mol. The van der Waals surface area contributed by atoms with Crippen molar-refractivity contribution >= 4 is 5.82 Å². The summed E-state index contributed by atoms with van der Waals surface area (Å²) in [7, 11) is 0. The standard InChI is InChI=1S/C11H19N3/c1-5-8(2)6-13-11-7-12-9(3)10(4)14-11/h7-8H,5-6H2,1-4H3,(H,13,14). The molecule has 1 N–H and O–H groups in total. The minimum atomic E-state index is 0.679. The Balaban J connectivity index is 2.55. The summed E-state index contributed by atoms with van der Waals surface area (Å²) >= 11 is 0. The van der Waals surface area contributed by atoms with Crippen molar-refractivity contribution in [3.8, 4) is 0 Å². The molecule has 14 heavy (non-hydrogen) atoms. The monoisotopic (exact) mass is 193 g/mol. The molecule has 0 aliphatic heterocycles. The SMILES string of the molecule is CCC(C)CNc1cnc(C)c(C)n1. The number of aromatic nitrogens is 2. The molecule has 0 saturated carbocycles. The van der Waals surface area contributed by atoms with Gasteiger partial charge in [0.25, 0.3) is 0 Å². The molecule has 3 heteroatoms. The smallest absolute Gasteiger partial charge is 0.144 e. The van der Waals surface area contributed by atoms with E-state index in [1.54, 1.807) is 6.20 Å². The number of hydrogen-bond acceptors (Lipinski definition) is 3. The van der Waals surface area contributed by atoms with Gasteiger partial charge in [0.2, 0.25) is 0 Å². The van der Waals surface area contributed by atoms with Crippen LogP contribution >= 0.6 is 0 Å². The van der Waals surface area contributed by atoms with Gasteiger partial charge < -0.3 is 5.32 Å². The predicted octanol–water partition coefficient (Wildman–Crippen LogP) is 2.55. The lowest BCUT2D eigenvalue weighted by Crippen LogP contribution is -2.12. The minimum Gasteiger partial charge on any atom is -0.369 e. The van der Waals surface area contributed by atoms with E-state index >= 15 is 0 Å². The van der Waals surface area contributed by atoms with Crippen molar-refractivity contribution in [2.45, 2.75) is 34.1 Å². The first-order valence-electron chi connectivity index (χ1n) is 5.17. The second kappa shape index (κ2) is 4.94. The Bertz CT molecular complexity index is 297. The van der Waals surface area contributed by atoms with E-state index in [9.17, 15) is 0 Å². The first-order chi connectivity index (χ1) is 6.63. The lowest BCUT2D eigenvalue weighted by Gasteiger charge is -2.11. The van der Waals surface area contributed by atoms with E-state index in [-0.39, 0.29) is 0 Å². The van der Waals surface area contributed by atoms with Gasteiger partial charge in [-0.25, -0.2) is 4.98 Å². The highest BCUT2D eigenvalue weighted by Gasteiger charge is 2.01. The molecule has 1 aromatic heterocycles. The quantitative estimate of drug-likeness (QED) is 0.798. The average Bonchev–Trinajstić information content (AvgIpc) is 2.19. The van der Waals surface area contributed by atoms with Crippen molar-refractivity contribution in [1.29, 1.82) is 0 Å². The van der Waals surface area contributed by atoms with Crippen molar-refractivity contribution in [1.82, 2.24) is 9.97 Å². The fourth-order valence-corrected chi connectivity index (χ4v) is 1.05. The maximum atomic E-state index is 4.41. The molecular weight excluding hydrogens is 174 g/mol. The first kappa shape index (κ1) is 11.0. The van der Waals surface area contributed by atoms with Crippen LogP contribution in [0.1, 0.15) is 31.7 Å². The number of hydrogen-bond donors (Lipinski definition) is 1. The van der Waals surface area contributed by atoms with Gasteiger partial charge >= 0.3 is 0 Å². The molecule has 0 spiro atoms. The summed E-state index contributed by atoms with van der Waals surface area (Å²) in [6.45, 7) is 9.34. The molecule has 0 saturated heterocycles. The number of anilines is 1. The Labute approximate surface area is 86.0 Å². The maximum absolute atomic E-state index is 4.41. The summed E-state index contributed by atoms with van der Waals surface area (Å²) < 4.78 is 0. The zero-order chi connectivity index (χ0) is 10.6. The lowest BCUT2D eigenvalue weighted by molar-refractivity contribution is 0.592. The van der Waals surface area contributed by atoms with Crippen LogP contribution in [0.5, 0.6) is 0 Å². The number of aryl methyl sites for hydroxylation is 2. The molecule has 1 unspecified atom stereocenters. The van der Waals surface area contributed by atoms with E-state index in [0.717, 1.165) is 23.8 Å². The van der Waals surface area contributed by atoms with Crippen LogP contribution in [0, 0.1) is 19.8 Å². The van der Waals surface area contributed by atoms with Crippen molar-refractivity contribution in [3.05, 3.63) is 17.6 Å². The third-order valence-corrected chi connectivity index (χ3v) is 2.52. The van der Waals surface area contributed by atoms with Gasteiger partial charge in [0.1, 0.15) is 5.82 Å². The van der Waals surface area contributed by atoms with Crippen LogP contribution in [0.3, 0.4) is 0 Å². The van der Waals surface area contributed by atoms with E-state index in [4.69, 9.17) is 0 Å². The van der Waals surface area contributed by atoms with E-state index in [2.05, 4.69) is 29.1 Å². The summed E-state index contributed by atoms with van der Waals surface area (Å²) in [5.74, 6) is 1.56. The molecular formula is C11H19N3. The number of nitrogens with one attached hydrogen (secondary N) is 1. The van der Waals surface area contributed by atoms with Crippen molar-refractivity contribution in [3.63, 3.8) is 0 Å². The van der Waals surface area contributed by atoms with Crippen molar-refractivity contribution < 1.29 is 0 Å². The zero-order valence-electron chi connectivity index (χ0n) is 9.46. The van der Waals surface area contributed by atoms with Crippen LogP contribution in [-0.2, 0) is 0 Å². The highest BCUT2D eigenvalue weighted by molar-refractivity contribution is 5.33. The van der Waals surface area contributed by atoms with E-state index in [1.807, 2.05) is 13.8 Å². The van der Waals surface area contributed by atoms with Gasteiger partial charge in [-0.15, -0.1) is 0 Å². The van der Waals surface area contributed by atoms with Gasteiger partial charge in [-0.1, -0.05) is 20.3 Å². The summed E-state index contributed by atoms with van der Waals surface area (Å²) in [6, 6.07) is 0. The van der Waals surface area contributed by atoms with Gasteiger partial charge in [-0.05, 0) is 19.8 Å². The van der Waals surface area contributed by atoms with Gasteiger partial charge in [0.15, 0.2) is 0 Å². The summed E-state index contributed by atoms with van der Waals surface area (Å²) in [5.41, 5.74) is 2.00. The summed E-state index contributed by atoms with van der Waals surface area (Å²) in [6.07, 6.45) is 2.98. The van der Waals surface area contributed by atoms with E-state index in [1.165, 1.54) is 6.42 Å². The Hall–Kier alpha value is -1.12. The molecule has 1 aromatic rings. The first-order valence-corrected chi connectivity index (χ1v) is 5.17. The highest BCUT2D eigenvalue weighted by atomic mass is 15.0. The normalized spacial score (nSPS) is 12.6. The molecule has 0 bridgehead atoms. The highest BCUT2D eigenvalue weighted by Crippen LogP contribution is 2.07. The Kier molecular flexibility index (Phi) is 3.86. The van der Waals surface area contributed by atoms with Crippen LogP contribution < -0.4 is 5.32 Å². The van der Waals surface area contributed by atoms with Gasteiger partial charge in [-0.3, -0.25) is 4.98 Å². The molecule has 78 valence electrons. The van der Waals surface area contributed by atoms with Gasteiger partial charge in [-0.2, -0.15) is 0 Å². The average molecular weight is 193 g/mol. The van der Waals surface area contributed by atoms with Crippen LogP contribution in [0.15, 0.2) is 6.20 Å².